The highest BCUT2D eigenvalue weighted by Crippen LogP contribution is 2.43. The number of ether oxygens (including phenoxy) is 2. The molecule has 2 atom stereocenters. The summed E-state index contributed by atoms with van der Waals surface area (Å²) in [4.78, 5) is 0. The fourth-order valence-electron chi connectivity index (χ4n) is 3.57. The molecule has 4 rings (SSSR count). The normalized spacial score (nSPS) is 26.3. The van der Waals surface area contributed by atoms with Gasteiger partial charge in [0.1, 0.15) is 12.4 Å². The average Bonchev–Trinajstić information content (AvgIpc) is 2.96. The van der Waals surface area contributed by atoms with Gasteiger partial charge in [0.25, 0.3) is 0 Å². The first-order valence-electron chi connectivity index (χ1n) is 7.89. The van der Waals surface area contributed by atoms with Crippen molar-refractivity contribution in [3.8, 4) is 5.75 Å². The lowest BCUT2D eigenvalue weighted by Crippen LogP contribution is -2.39. The van der Waals surface area contributed by atoms with Gasteiger partial charge in [0.2, 0.25) is 0 Å². The van der Waals surface area contributed by atoms with Crippen molar-refractivity contribution in [2.45, 2.75) is 31.7 Å². The Balaban J connectivity index is 1.60. The van der Waals surface area contributed by atoms with E-state index in [9.17, 15) is 0 Å². The third-order valence-corrected chi connectivity index (χ3v) is 4.89. The van der Waals surface area contributed by atoms with Gasteiger partial charge in [-0.1, -0.05) is 42.5 Å². The molecule has 1 N–H and O–H groups in total. The van der Waals surface area contributed by atoms with Gasteiger partial charge in [0.05, 0.1) is 12.2 Å². The molecule has 2 aliphatic heterocycles. The third-order valence-electron chi connectivity index (χ3n) is 4.89. The molecule has 0 aliphatic carbocycles. The number of hydrogen-bond donors (Lipinski definition) is 1. The first-order valence-corrected chi connectivity index (χ1v) is 7.89. The lowest BCUT2D eigenvalue weighted by molar-refractivity contribution is -0.0527. The summed E-state index contributed by atoms with van der Waals surface area (Å²) in [5, 5.41) is 3.46. The second-order valence-corrected chi connectivity index (χ2v) is 6.38. The van der Waals surface area contributed by atoms with Gasteiger partial charge < -0.3 is 14.8 Å². The molecule has 1 saturated heterocycles. The molecule has 0 unspecified atom stereocenters. The van der Waals surface area contributed by atoms with Crippen molar-refractivity contribution in [3.05, 3.63) is 65.2 Å². The highest BCUT2D eigenvalue weighted by atomic mass is 16.5. The van der Waals surface area contributed by atoms with Crippen LogP contribution in [0.25, 0.3) is 0 Å². The largest absolute Gasteiger partial charge is 0.489 e. The van der Waals surface area contributed by atoms with E-state index in [0.29, 0.717) is 19.1 Å². The molecule has 3 heteroatoms. The second-order valence-electron chi connectivity index (χ2n) is 6.38. The Morgan fingerprint density at radius 1 is 1.18 bits per heavy atom. The van der Waals surface area contributed by atoms with Gasteiger partial charge in [0.15, 0.2) is 0 Å². The molecule has 0 radical (unpaired) electrons. The maximum Gasteiger partial charge on any atom is 0.125 e. The Kier molecular flexibility index (Phi) is 3.40. The zero-order valence-corrected chi connectivity index (χ0v) is 12.8. The molecular formula is C19H21NO2. The zero-order chi connectivity index (χ0) is 15.0. The van der Waals surface area contributed by atoms with Crippen LogP contribution >= 0.6 is 0 Å². The minimum Gasteiger partial charge on any atom is -0.489 e. The molecule has 3 nitrogen and oxygen atoms in total. The highest BCUT2D eigenvalue weighted by molar-refractivity contribution is 5.45. The molecule has 22 heavy (non-hydrogen) atoms. The van der Waals surface area contributed by atoms with Crippen LogP contribution in [0.5, 0.6) is 5.75 Å². The predicted octanol–water partition coefficient (Wildman–Crippen LogP) is 3.24. The monoisotopic (exact) mass is 295 g/mol. The maximum absolute atomic E-state index is 6.17. The van der Waals surface area contributed by atoms with Crippen molar-refractivity contribution in [1.29, 1.82) is 0 Å². The van der Waals surface area contributed by atoms with Gasteiger partial charge in [0, 0.05) is 24.6 Å². The molecule has 0 bridgehead atoms. The van der Waals surface area contributed by atoms with Gasteiger partial charge >= 0.3 is 0 Å². The smallest absolute Gasteiger partial charge is 0.125 e. The van der Waals surface area contributed by atoms with E-state index in [2.05, 4.69) is 42.6 Å². The van der Waals surface area contributed by atoms with E-state index in [0.717, 1.165) is 18.8 Å². The van der Waals surface area contributed by atoms with Crippen molar-refractivity contribution in [1.82, 2.24) is 5.32 Å². The van der Waals surface area contributed by atoms with Crippen molar-refractivity contribution in [2.24, 2.45) is 0 Å². The number of rotatable bonds is 3. The van der Waals surface area contributed by atoms with Gasteiger partial charge in [-0.2, -0.15) is 0 Å². The van der Waals surface area contributed by atoms with Crippen molar-refractivity contribution < 1.29 is 9.47 Å². The molecule has 0 amide bonds. The fourth-order valence-corrected chi connectivity index (χ4v) is 3.57. The molecule has 2 heterocycles. The van der Waals surface area contributed by atoms with Crippen LogP contribution in [0.4, 0.5) is 0 Å². The van der Waals surface area contributed by atoms with Crippen LogP contribution in [0.15, 0.2) is 48.5 Å². The van der Waals surface area contributed by atoms with Crippen LogP contribution in [0, 0.1) is 0 Å². The van der Waals surface area contributed by atoms with Crippen LogP contribution < -0.4 is 10.1 Å². The van der Waals surface area contributed by atoms with Crippen LogP contribution in [0.1, 0.15) is 29.5 Å². The quantitative estimate of drug-likeness (QED) is 0.943. The van der Waals surface area contributed by atoms with E-state index in [1.165, 1.54) is 16.7 Å². The summed E-state index contributed by atoms with van der Waals surface area (Å²) in [7, 11) is 0. The Morgan fingerprint density at radius 2 is 2.05 bits per heavy atom. The fraction of sp³-hybridized carbons (Fsp3) is 0.368. The second kappa shape index (κ2) is 5.41. The number of nitrogens with one attached hydrogen (secondary N) is 1. The minimum atomic E-state index is -0.0783. The average molecular weight is 295 g/mol. The van der Waals surface area contributed by atoms with Crippen LogP contribution in [0.3, 0.4) is 0 Å². The molecule has 0 aromatic heterocycles. The van der Waals surface area contributed by atoms with Gasteiger partial charge in [-0.05, 0) is 24.1 Å². The predicted molar refractivity (Wildman–Crippen MR) is 86.0 cm³/mol. The van der Waals surface area contributed by atoms with Crippen LogP contribution in [-0.4, -0.2) is 18.7 Å². The van der Waals surface area contributed by atoms with E-state index in [1.807, 2.05) is 18.2 Å². The number of benzene rings is 2. The van der Waals surface area contributed by atoms with Gasteiger partial charge in [-0.25, -0.2) is 0 Å². The molecule has 1 fully saturated rings. The SMILES string of the molecule is C[C@@]12CNC[C@H]1c1cccc(OCc3ccccc3)c1CO2. The van der Waals surface area contributed by atoms with Crippen LogP contribution in [0.2, 0.25) is 0 Å². The number of fused-ring (bicyclic) bond motifs is 3. The first kappa shape index (κ1) is 13.8. The third kappa shape index (κ3) is 2.31. The molecule has 2 aliphatic rings. The topological polar surface area (TPSA) is 30.5 Å². The summed E-state index contributed by atoms with van der Waals surface area (Å²) in [5.74, 6) is 1.37. The number of hydrogen-bond acceptors (Lipinski definition) is 3. The summed E-state index contributed by atoms with van der Waals surface area (Å²) >= 11 is 0. The molecule has 2 aromatic carbocycles. The Hall–Kier alpha value is -1.84. The van der Waals surface area contributed by atoms with E-state index in [1.54, 1.807) is 0 Å². The molecule has 0 spiro atoms. The Labute approximate surface area is 131 Å². The summed E-state index contributed by atoms with van der Waals surface area (Å²) in [5.41, 5.74) is 3.70. The zero-order valence-electron chi connectivity index (χ0n) is 12.8. The molecule has 2 aromatic rings. The van der Waals surface area contributed by atoms with E-state index in [4.69, 9.17) is 9.47 Å². The van der Waals surface area contributed by atoms with Gasteiger partial charge in [-0.15, -0.1) is 0 Å². The summed E-state index contributed by atoms with van der Waals surface area (Å²) < 4.78 is 12.2. The summed E-state index contributed by atoms with van der Waals surface area (Å²) in [6.07, 6.45) is 0. The molecular weight excluding hydrogens is 274 g/mol. The van der Waals surface area contributed by atoms with Gasteiger partial charge in [-0.3, -0.25) is 0 Å². The maximum atomic E-state index is 6.17. The van der Waals surface area contributed by atoms with Crippen molar-refractivity contribution >= 4 is 0 Å². The first-order chi connectivity index (χ1) is 10.8. The van der Waals surface area contributed by atoms with Crippen molar-refractivity contribution in [2.75, 3.05) is 13.1 Å². The Bertz CT molecular complexity index is 670. The van der Waals surface area contributed by atoms with Crippen LogP contribution in [-0.2, 0) is 18.0 Å². The minimum absolute atomic E-state index is 0.0783. The van der Waals surface area contributed by atoms with E-state index >= 15 is 0 Å². The standard InChI is InChI=1S/C19H21NO2/c1-19-13-20-10-17(19)15-8-5-9-18(16(15)12-22-19)21-11-14-6-3-2-4-7-14/h2-9,17,20H,10-13H2,1H3/t17-,19+/m0/s1. The summed E-state index contributed by atoms with van der Waals surface area (Å²) in [6, 6.07) is 16.7. The lowest BCUT2D eigenvalue weighted by atomic mass is 9.81. The summed E-state index contributed by atoms with van der Waals surface area (Å²) in [6.45, 7) is 5.34. The lowest BCUT2D eigenvalue weighted by Gasteiger charge is -2.37. The van der Waals surface area contributed by atoms with E-state index < -0.39 is 0 Å². The highest BCUT2D eigenvalue weighted by Gasteiger charge is 2.45. The molecule has 114 valence electrons. The van der Waals surface area contributed by atoms with E-state index in [-0.39, 0.29) is 5.60 Å². The Morgan fingerprint density at radius 3 is 2.91 bits per heavy atom. The van der Waals surface area contributed by atoms with Crippen molar-refractivity contribution in [3.63, 3.8) is 0 Å². The molecule has 0 saturated carbocycles.